The van der Waals surface area contributed by atoms with Gasteiger partial charge in [-0.2, -0.15) is 0 Å². The predicted octanol–water partition coefficient (Wildman–Crippen LogP) is 4.48. The van der Waals surface area contributed by atoms with Gasteiger partial charge in [0.05, 0.1) is 12.8 Å². The number of thiophene rings is 1. The number of furan rings is 1. The molecule has 1 aromatic carbocycles. The first-order valence-corrected chi connectivity index (χ1v) is 10.5. The standard InChI is InChI=1S/C22H23FN4OS/c23-17-5-6-21-20(13-17)16(14-26-21)7-9-24-22(27-15-19-4-2-12-29-19)25-10-8-18-3-1-11-28-18/h1-6,11-14,26H,7-10,15H2,(H2,24,25,27). The Balaban J connectivity index is 1.35. The maximum Gasteiger partial charge on any atom is 0.191 e. The number of fused-ring (bicyclic) bond motifs is 1. The van der Waals surface area contributed by atoms with Crippen LogP contribution in [0.2, 0.25) is 0 Å². The molecule has 0 aliphatic rings. The Morgan fingerprint density at radius 2 is 2.00 bits per heavy atom. The van der Waals surface area contributed by atoms with Crippen LogP contribution in [0.25, 0.3) is 10.9 Å². The number of hydrogen-bond donors (Lipinski definition) is 3. The van der Waals surface area contributed by atoms with Gasteiger partial charge in [0.15, 0.2) is 5.96 Å². The molecule has 0 atom stereocenters. The Kier molecular flexibility index (Phi) is 6.26. The number of nitrogens with zero attached hydrogens (tertiary/aromatic N) is 1. The lowest BCUT2D eigenvalue weighted by molar-refractivity contribution is 0.506. The van der Waals surface area contributed by atoms with Crippen LogP contribution < -0.4 is 10.6 Å². The van der Waals surface area contributed by atoms with E-state index in [2.05, 4.69) is 32.1 Å². The average molecular weight is 411 g/mol. The van der Waals surface area contributed by atoms with Crippen LogP contribution in [-0.4, -0.2) is 24.0 Å². The first-order chi connectivity index (χ1) is 14.3. The molecule has 0 aliphatic carbocycles. The van der Waals surface area contributed by atoms with Gasteiger partial charge in [-0.05, 0) is 53.8 Å². The third kappa shape index (κ3) is 5.26. The Labute approximate surface area is 172 Å². The van der Waals surface area contributed by atoms with Crippen molar-refractivity contribution in [1.82, 2.24) is 15.6 Å². The normalized spacial score (nSPS) is 11.8. The maximum absolute atomic E-state index is 13.6. The first-order valence-electron chi connectivity index (χ1n) is 9.60. The number of H-pyrrole nitrogens is 1. The van der Waals surface area contributed by atoms with Crippen LogP contribution in [0.1, 0.15) is 16.2 Å². The molecule has 5 nitrogen and oxygen atoms in total. The molecule has 0 radical (unpaired) electrons. The lowest BCUT2D eigenvalue weighted by atomic mass is 10.1. The Bertz CT molecular complexity index is 1050. The van der Waals surface area contributed by atoms with E-state index < -0.39 is 0 Å². The van der Waals surface area contributed by atoms with Crippen molar-refractivity contribution < 1.29 is 8.81 Å². The lowest BCUT2D eigenvalue weighted by Gasteiger charge is -2.12. The van der Waals surface area contributed by atoms with Gasteiger partial charge in [-0.25, -0.2) is 9.38 Å². The molecule has 0 aliphatic heterocycles. The number of nitrogens with one attached hydrogen (secondary N) is 3. The summed E-state index contributed by atoms with van der Waals surface area (Å²) < 4.78 is 19.0. The summed E-state index contributed by atoms with van der Waals surface area (Å²) in [5.74, 6) is 1.48. The molecule has 0 saturated heterocycles. The SMILES string of the molecule is Fc1ccc2[nH]cc(CCNC(=NCc3cccs3)NCCc3ccco3)c2c1. The quantitative estimate of drug-likeness (QED) is 0.296. The number of hydrogen-bond acceptors (Lipinski definition) is 3. The van der Waals surface area contributed by atoms with E-state index in [9.17, 15) is 4.39 Å². The van der Waals surface area contributed by atoms with Gasteiger partial charge in [0.1, 0.15) is 11.6 Å². The van der Waals surface area contributed by atoms with Crippen molar-refractivity contribution in [2.45, 2.75) is 19.4 Å². The highest BCUT2D eigenvalue weighted by atomic mass is 32.1. The molecule has 7 heteroatoms. The van der Waals surface area contributed by atoms with Crippen LogP contribution in [-0.2, 0) is 19.4 Å². The zero-order valence-corrected chi connectivity index (χ0v) is 16.8. The van der Waals surface area contributed by atoms with Crippen molar-refractivity contribution in [2.24, 2.45) is 4.99 Å². The molecule has 0 unspecified atom stereocenters. The second kappa shape index (κ2) is 9.43. The van der Waals surface area contributed by atoms with Crippen molar-refractivity contribution in [3.05, 3.63) is 82.3 Å². The number of aliphatic imine (C=N–C) groups is 1. The Hall–Kier alpha value is -3.06. The maximum atomic E-state index is 13.6. The zero-order chi connectivity index (χ0) is 19.9. The second-order valence-electron chi connectivity index (χ2n) is 6.68. The highest BCUT2D eigenvalue weighted by molar-refractivity contribution is 7.09. The highest BCUT2D eigenvalue weighted by Gasteiger charge is 2.06. The van der Waals surface area contributed by atoms with E-state index in [0.29, 0.717) is 13.1 Å². The number of aromatic amines is 1. The van der Waals surface area contributed by atoms with Crippen LogP contribution in [0.3, 0.4) is 0 Å². The molecule has 3 heterocycles. The van der Waals surface area contributed by atoms with E-state index in [1.165, 1.54) is 10.9 Å². The zero-order valence-electron chi connectivity index (χ0n) is 16.0. The van der Waals surface area contributed by atoms with Crippen LogP contribution in [0, 0.1) is 5.82 Å². The van der Waals surface area contributed by atoms with Gasteiger partial charge in [-0.3, -0.25) is 0 Å². The van der Waals surface area contributed by atoms with E-state index in [4.69, 9.17) is 4.42 Å². The third-order valence-electron chi connectivity index (χ3n) is 4.63. The molecular weight excluding hydrogens is 387 g/mol. The molecule has 4 rings (SSSR count). The number of halogens is 1. The van der Waals surface area contributed by atoms with Crippen molar-refractivity contribution in [3.8, 4) is 0 Å². The summed E-state index contributed by atoms with van der Waals surface area (Å²) in [6.07, 6.45) is 5.18. The van der Waals surface area contributed by atoms with Crippen molar-refractivity contribution >= 4 is 28.2 Å². The minimum Gasteiger partial charge on any atom is -0.469 e. The van der Waals surface area contributed by atoms with Crippen LogP contribution >= 0.6 is 11.3 Å². The second-order valence-corrected chi connectivity index (χ2v) is 7.71. The van der Waals surface area contributed by atoms with Gasteiger partial charge in [-0.15, -0.1) is 11.3 Å². The molecule has 0 spiro atoms. The molecule has 0 bridgehead atoms. The van der Waals surface area contributed by atoms with E-state index in [1.54, 1.807) is 29.7 Å². The Morgan fingerprint density at radius 3 is 2.79 bits per heavy atom. The van der Waals surface area contributed by atoms with E-state index in [-0.39, 0.29) is 5.82 Å². The van der Waals surface area contributed by atoms with E-state index in [0.717, 1.165) is 47.6 Å². The van der Waals surface area contributed by atoms with Crippen molar-refractivity contribution in [3.63, 3.8) is 0 Å². The fraction of sp³-hybridized carbons (Fsp3) is 0.227. The fourth-order valence-electron chi connectivity index (χ4n) is 3.17. The Morgan fingerprint density at radius 1 is 1.10 bits per heavy atom. The van der Waals surface area contributed by atoms with Gasteiger partial charge in [-0.1, -0.05) is 6.07 Å². The number of benzene rings is 1. The molecule has 0 fully saturated rings. The minimum atomic E-state index is -0.218. The number of aromatic nitrogens is 1. The lowest BCUT2D eigenvalue weighted by Crippen LogP contribution is -2.39. The summed E-state index contributed by atoms with van der Waals surface area (Å²) in [6.45, 7) is 2.05. The summed E-state index contributed by atoms with van der Waals surface area (Å²) in [4.78, 5) is 9.10. The summed E-state index contributed by atoms with van der Waals surface area (Å²) >= 11 is 1.69. The van der Waals surface area contributed by atoms with Crippen LogP contribution in [0.15, 0.2) is 69.7 Å². The monoisotopic (exact) mass is 410 g/mol. The van der Waals surface area contributed by atoms with Crippen LogP contribution in [0.4, 0.5) is 4.39 Å². The molecule has 150 valence electrons. The number of rotatable bonds is 8. The minimum absolute atomic E-state index is 0.218. The molecule has 0 amide bonds. The third-order valence-corrected chi connectivity index (χ3v) is 5.49. The van der Waals surface area contributed by atoms with Crippen molar-refractivity contribution in [1.29, 1.82) is 0 Å². The van der Waals surface area contributed by atoms with Crippen molar-refractivity contribution in [2.75, 3.05) is 13.1 Å². The smallest absolute Gasteiger partial charge is 0.191 e. The summed E-state index contributed by atoms with van der Waals surface area (Å²) in [7, 11) is 0. The summed E-state index contributed by atoms with van der Waals surface area (Å²) in [5, 5.41) is 9.73. The van der Waals surface area contributed by atoms with Crippen LogP contribution in [0.5, 0.6) is 0 Å². The fourth-order valence-corrected chi connectivity index (χ4v) is 3.79. The molecule has 3 aromatic heterocycles. The van der Waals surface area contributed by atoms with Gasteiger partial charge in [0.25, 0.3) is 0 Å². The molecular formula is C22H23FN4OS. The van der Waals surface area contributed by atoms with E-state index in [1.807, 2.05) is 24.4 Å². The number of guanidine groups is 1. The predicted molar refractivity (Wildman–Crippen MR) is 116 cm³/mol. The molecule has 3 N–H and O–H groups in total. The summed E-state index contributed by atoms with van der Waals surface area (Å²) in [6, 6.07) is 12.8. The largest absolute Gasteiger partial charge is 0.469 e. The highest BCUT2D eigenvalue weighted by Crippen LogP contribution is 2.19. The van der Waals surface area contributed by atoms with Gasteiger partial charge < -0.3 is 20.0 Å². The molecule has 4 aromatic rings. The molecule has 29 heavy (non-hydrogen) atoms. The first kappa shape index (κ1) is 19.3. The van der Waals surface area contributed by atoms with Gasteiger partial charge >= 0.3 is 0 Å². The van der Waals surface area contributed by atoms with Gasteiger partial charge in [0.2, 0.25) is 0 Å². The van der Waals surface area contributed by atoms with Gasteiger partial charge in [0, 0.05) is 41.5 Å². The topological polar surface area (TPSA) is 65.3 Å². The average Bonchev–Trinajstić information content (AvgIpc) is 3.48. The molecule has 0 saturated carbocycles. The summed E-state index contributed by atoms with van der Waals surface area (Å²) in [5.41, 5.74) is 2.03. The van der Waals surface area contributed by atoms with E-state index >= 15 is 0 Å².